The summed E-state index contributed by atoms with van der Waals surface area (Å²) < 4.78 is 3.14. The summed E-state index contributed by atoms with van der Waals surface area (Å²) in [6.07, 6.45) is 3.75. The number of rotatable bonds is 3. The normalized spacial score (nSPS) is 10.5. The smallest absolute Gasteiger partial charge is 0.212 e. The lowest BCUT2D eigenvalue weighted by Crippen LogP contribution is -2.01. The molecule has 0 aliphatic heterocycles. The van der Waals surface area contributed by atoms with Crippen LogP contribution < -0.4 is 5.32 Å². The highest BCUT2D eigenvalue weighted by atomic mass is 79.9. The van der Waals surface area contributed by atoms with E-state index in [1.807, 2.05) is 41.1 Å². The largest absolute Gasteiger partial charge is 0.325 e. The van der Waals surface area contributed by atoms with Gasteiger partial charge in [0.05, 0.1) is 0 Å². The summed E-state index contributed by atoms with van der Waals surface area (Å²) in [5.41, 5.74) is 3.30. The van der Waals surface area contributed by atoms with Gasteiger partial charge in [0.1, 0.15) is 0 Å². The first-order valence-electron chi connectivity index (χ1n) is 6.36. The van der Waals surface area contributed by atoms with E-state index in [-0.39, 0.29) is 0 Å². The molecule has 4 heteroatoms. The van der Waals surface area contributed by atoms with Crippen molar-refractivity contribution < 1.29 is 0 Å². The second kappa shape index (κ2) is 5.51. The standard InChI is InChI=1S/C16H14BrN3/c1-12-11-14(7-8-15(12)17)20-10-9-18-16(20)19-13-5-3-2-4-6-13/h2-11H,1H3,(H,18,19). The molecule has 0 saturated heterocycles. The Balaban J connectivity index is 1.95. The summed E-state index contributed by atoms with van der Waals surface area (Å²) in [5.74, 6) is 0.804. The maximum Gasteiger partial charge on any atom is 0.212 e. The lowest BCUT2D eigenvalue weighted by atomic mass is 10.2. The summed E-state index contributed by atoms with van der Waals surface area (Å²) >= 11 is 3.52. The molecule has 3 aromatic rings. The Bertz CT molecular complexity index is 720. The molecule has 0 aliphatic rings. The molecule has 0 amide bonds. The van der Waals surface area contributed by atoms with Gasteiger partial charge in [-0.3, -0.25) is 4.57 Å². The van der Waals surface area contributed by atoms with E-state index in [1.165, 1.54) is 5.56 Å². The highest BCUT2D eigenvalue weighted by molar-refractivity contribution is 9.10. The highest BCUT2D eigenvalue weighted by Crippen LogP contribution is 2.23. The molecule has 0 saturated carbocycles. The quantitative estimate of drug-likeness (QED) is 0.756. The van der Waals surface area contributed by atoms with Gasteiger partial charge in [-0.2, -0.15) is 0 Å². The van der Waals surface area contributed by atoms with Crippen molar-refractivity contribution in [3.63, 3.8) is 0 Å². The summed E-state index contributed by atoms with van der Waals surface area (Å²) in [6, 6.07) is 16.3. The minimum absolute atomic E-state index is 0.804. The van der Waals surface area contributed by atoms with Gasteiger partial charge in [-0.25, -0.2) is 4.98 Å². The molecule has 0 bridgehead atoms. The maximum absolute atomic E-state index is 4.38. The van der Waals surface area contributed by atoms with Crippen LogP contribution >= 0.6 is 15.9 Å². The van der Waals surface area contributed by atoms with Crippen molar-refractivity contribution in [3.8, 4) is 5.69 Å². The fourth-order valence-corrected chi connectivity index (χ4v) is 2.28. The van der Waals surface area contributed by atoms with Crippen molar-refractivity contribution in [2.45, 2.75) is 6.92 Å². The Hall–Kier alpha value is -2.07. The van der Waals surface area contributed by atoms with E-state index >= 15 is 0 Å². The van der Waals surface area contributed by atoms with Crippen LogP contribution in [0.5, 0.6) is 0 Å². The molecule has 1 aromatic heterocycles. The number of imidazole rings is 1. The first kappa shape index (κ1) is 12.9. The molecule has 3 nitrogen and oxygen atoms in total. The number of anilines is 2. The molecule has 0 fully saturated rings. The van der Waals surface area contributed by atoms with Crippen LogP contribution in [-0.4, -0.2) is 9.55 Å². The average molecular weight is 328 g/mol. The third kappa shape index (κ3) is 2.60. The summed E-state index contributed by atoms with van der Waals surface area (Å²) in [5, 5.41) is 3.33. The van der Waals surface area contributed by atoms with Crippen molar-refractivity contribution in [2.24, 2.45) is 0 Å². The van der Waals surface area contributed by atoms with Crippen LogP contribution in [0.1, 0.15) is 5.56 Å². The van der Waals surface area contributed by atoms with Crippen LogP contribution in [0, 0.1) is 6.92 Å². The van der Waals surface area contributed by atoms with Gasteiger partial charge in [-0.1, -0.05) is 34.1 Å². The van der Waals surface area contributed by atoms with Crippen LogP contribution in [0.2, 0.25) is 0 Å². The third-order valence-electron chi connectivity index (χ3n) is 3.09. The predicted octanol–water partition coefficient (Wildman–Crippen LogP) is 4.69. The molecule has 2 aromatic carbocycles. The SMILES string of the molecule is Cc1cc(-n2ccnc2Nc2ccccc2)ccc1Br. The first-order chi connectivity index (χ1) is 9.74. The molecule has 20 heavy (non-hydrogen) atoms. The van der Waals surface area contributed by atoms with Gasteiger partial charge >= 0.3 is 0 Å². The Morgan fingerprint density at radius 2 is 1.90 bits per heavy atom. The lowest BCUT2D eigenvalue weighted by molar-refractivity contribution is 1.06. The van der Waals surface area contributed by atoms with Crippen molar-refractivity contribution in [3.05, 3.63) is 71.0 Å². The topological polar surface area (TPSA) is 29.9 Å². The zero-order valence-corrected chi connectivity index (χ0v) is 12.6. The van der Waals surface area contributed by atoms with Crippen LogP contribution in [0.3, 0.4) is 0 Å². The first-order valence-corrected chi connectivity index (χ1v) is 7.15. The second-order valence-corrected chi connectivity index (χ2v) is 5.40. The summed E-state index contributed by atoms with van der Waals surface area (Å²) in [7, 11) is 0. The van der Waals surface area contributed by atoms with E-state index in [9.17, 15) is 0 Å². The minimum Gasteiger partial charge on any atom is -0.325 e. The minimum atomic E-state index is 0.804. The number of hydrogen-bond donors (Lipinski definition) is 1. The molecule has 0 radical (unpaired) electrons. The van der Waals surface area contributed by atoms with E-state index in [4.69, 9.17) is 0 Å². The van der Waals surface area contributed by atoms with Crippen molar-refractivity contribution >= 4 is 27.6 Å². The average Bonchev–Trinajstić information content (AvgIpc) is 2.91. The number of aryl methyl sites for hydroxylation is 1. The van der Waals surface area contributed by atoms with E-state index < -0.39 is 0 Å². The van der Waals surface area contributed by atoms with Gasteiger partial charge in [0, 0.05) is 28.2 Å². The van der Waals surface area contributed by atoms with Crippen LogP contribution in [0.15, 0.2) is 65.4 Å². The number of nitrogens with one attached hydrogen (secondary N) is 1. The Kier molecular flexibility index (Phi) is 3.56. The van der Waals surface area contributed by atoms with Crippen LogP contribution in [0.4, 0.5) is 11.6 Å². The van der Waals surface area contributed by atoms with Crippen molar-refractivity contribution in [1.29, 1.82) is 0 Å². The summed E-state index contributed by atoms with van der Waals surface area (Å²) in [6.45, 7) is 2.08. The van der Waals surface area contributed by atoms with E-state index in [1.54, 1.807) is 6.20 Å². The number of para-hydroxylation sites is 1. The third-order valence-corrected chi connectivity index (χ3v) is 3.98. The van der Waals surface area contributed by atoms with Gasteiger partial charge in [0.25, 0.3) is 0 Å². The van der Waals surface area contributed by atoms with Gasteiger partial charge in [-0.15, -0.1) is 0 Å². The molecule has 100 valence electrons. The Morgan fingerprint density at radius 3 is 2.65 bits per heavy atom. The fraction of sp³-hybridized carbons (Fsp3) is 0.0625. The van der Waals surface area contributed by atoms with Crippen LogP contribution in [0.25, 0.3) is 5.69 Å². The second-order valence-electron chi connectivity index (χ2n) is 4.55. The Morgan fingerprint density at radius 1 is 1.10 bits per heavy atom. The molecule has 0 unspecified atom stereocenters. The number of nitrogens with zero attached hydrogens (tertiary/aromatic N) is 2. The van der Waals surface area contributed by atoms with E-state index in [0.717, 1.165) is 21.8 Å². The molecule has 0 atom stereocenters. The van der Waals surface area contributed by atoms with Gasteiger partial charge in [-0.05, 0) is 42.8 Å². The van der Waals surface area contributed by atoms with Gasteiger partial charge < -0.3 is 5.32 Å². The zero-order valence-electron chi connectivity index (χ0n) is 11.0. The predicted molar refractivity (Wildman–Crippen MR) is 85.7 cm³/mol. The molecule has 1 N–H and O–H groups in total. The Labute approximate surface area is 126 Å². The van der Waals surface area contributed by atoms with E-state index in [2.05, 4.69) is 51.4 Å². The number of hydrogen-bond acceptors (Lipinski definition) is 2. The van der Waals surface area contributed by atoms with Gasteiger partial charge in [0.2, 0.25) is 5.95 Å². The zero-order chi connectivity index (χ0) is 13.9. The molecule has 0 spiro atoms. The molecular weight excluding hydrogens is 314 g/mol. The molecular formula is C16H14BrN3. The highest BCUT2D eigenvalue weighted by Gasteiger charge is 2.06. The molecule has 0 aliphatic carbocycles. The van der Waals surface area contributed by atoms with Gasteiger partial charge in [0.15, 0.2) is 0 Å². The number of halogens is 1. The summed E-state index contributed by atoms with van der Waals surface area (Å²) in [4.78, 5) is 4.38. The molecule has 1 heterocycles. The number of aromatic nitrogens is 2. The van der Waals surface area contributed by atoms with E-state index in [0.29, 0.717) is 0 Å². The molecule has 3 rings (SSSR count). The fourth-order valence-electron chi connectivity index (χ4n) is 2.03. The number of benzene rings is 2. The van der Waals surface area contributed by atoms with Crippen LogP contribution in [-0.2, 0) is 0 Å². The van der Waals surface area contributed by atoms with Crippen molar-refractivity contribution in [2.75, 3.05) is 5.32 Å². The maximum atomic E-state index is 4.38. The monoisotopic (exact) mass is 327 g/mol. The lowest BCUT2D eigenvalue weighted by Gasteiger charge is -2.11. The van der Waals surface area contributed by atoms with Crippen molar-refractivity contribution in [1.82, 2.24) is 9.55 Å².